The van der Waals surface area contributed by atoms with E-state index < -0.39 is 5.60 Å². The van der Waals surface area contributed by atoms with Crippen molar-refractivity contribution >= 4 is 12.1 Å². The van der Waals surface area contributed by atoms with Crippen LogP contribution >= 0.6 is 0 Å². The van der Waals surface area contributed by atoms with Gasteiger partial charge in [-0.25, -0.2) is 4.79 Å². The first-order valence-corrected chi connectivity index (χ1v) is 9.18. The van der Waals surface area contributed by atoms with Crippen LogP contribution in [0, 0.1) is 17.8 Å². The summed E-state index contributed by atoms with van der Waals surface area (Å²) in [7, 11) is 0. The molecular weight excluding hydrogens is 308 g/mol. The molecule has 2 heterocycles. The fraction of sp³-hybridized carbons (Fsp3) is 0.889. The predicted octanol–water partition coefficient (Wildman–Crippen LogP) is 2.13. The molecule has 0 aromatic heterocycles. The van der Waals surface area contributed by atoms with Gasteiger partial charge in [-0.3, -0.25) is 9.69 Å². The van der Waals surface area contributed by atoms with Crippen LogP contribution in [0.4, 0.5) is 4.79 Å². The number of fused-ring (bicyclic) bond motifs is 1. The number of esters is 1. The van der Waals surface area contributed by atoms with Crippen LogP contribution in [0.3, 0.4) is 0 Å². The maximum Gasteiger partial charge on any atom is 0.410 e. The second-order valence-electron chi connectivity index (χ2n) is 8.26. The lowest BCUT2D eigenvalue weighted by atomic mass is 10.0. The molecule has 1 aliphatic carbocycles. The van der Waals surface area contributed by atoms with Gasteiger partial charge in [-0.15, -0.1) is 0 Å². The molecule has 0 aromatic carbocycles. The van der Waals surface area contributed by atoms with Crippen molar-refractivity contribution in [3.8, 4) is 0 Å². The van der Waals surface area contributed by atoms with Crippen molar-refractivity contribution in [1.29, 1.82) is 0 Å². The Morgan fingerprint density at radius 2 is 1.67 bits per heavy atom. The molecular formula is C18H30N2O4. The monoisotopic (exact) mass is 338 g/mol. The number of hydrogen-bond donors (Lipinski definition) is 0. The summed E-state index contributed by atoms with van der Waals surface area (Å²) in [6, 6.07) is 0.527. The molecule has 0 N–H and O–H groups in total. The number of likely N-dealkylation sites (tertiary alicyclic amines) is 2. The average Bonchev–Trinajstić information content (AvgIpc) is 3.01. The molecule has 2 aliphatic heterocycles. The molecule has 6 heteroatoms. The Hall–Kier alpha value is -1.30. The first-order chi connectivity index (χ1) is 11.3. The van der Waals surface area contributed by atoms with Gasteiger partial charge in [0, 0.05) is 32.2 Å². The number of carbonyl (C=O) groups excluding carboxylic acids is 2. The summed E-state index contributed by atoms with van der Waals surface area (Å²) in [5, 5.41) is 0. The second-order valence-corrected chi connectivity index (χ2v) is 8.26. The van der Waals surface area contributed by atoms with E-state index in [2.05, 4.69) is 4.90 Å². The summed E-state index contributed by atoms with van der Waals surface area (Å²) in [4.78, 5) is 28.3. The van der Waals surface area contributed by atoms with E-state index in [9.17, 15) is 9.59 Å². The Kier molecular flexibility index (Phi) is 4.78. The summed E-state index contributed by atoms with van der Waals surface area (Å²) in [6.45, 7) is 11.6. The number of nitrogens with zero attached hydrogens (tertiary/aromatic N) is 2. The van der Waals surface area contributed by atoms with E-state index in [0.29, 0.717) is 24.5 Å². The number of rotatable bonds is 3. The van der Waals surface area contributed by atoms with Gasteiger partial charge in [0.05, 0.1) is 12.5 Å². The quantitative estimate of drug-likeness (QED) is 0.738. The van der Waals surface area contributed by atoms with Crippen molar-refractivity contribution in [2.75, 3.05) is 32.8 Å². The molecule has 0 radical (unpaired) electrons. The fourth-order valence-corrected chi connectivity index (χ4v) is 4.19. The van der Waals surface area contributed by atoms with Gasteiger partial charge >= 0.3 is 12.1 Å². The minimum Gasteiger partial charge on any atom is -0.466 e. The highest BCUT2D eigenvalue weighted by atomic mass is 16.6. The van der Waals surface area contributed by atoms with E-state index >= 15 is 0 Å². The summed E-state index contributed by atoms with van der Waals surface area (Å²) >= 11 is 0. The number of carbonyl (C=O) groups is 2. The van der Waals surface area contributed by atoms with Crippen LogP contribution in [-0.4, -0.2) is 66.3 Å². The van der Waals surface area contributed by atoms with Crippen molar-refractivity contribution in [2.45, 2.75) is 52.2 Å². The third kappa shape index (κ3) is 3.68. The van der Waals surface area contributed by atoms with Gasteiger partial charge in [-0.2, -0.15) is 0 Å². The van der Waals surface area contributed by atoms with Crippen molar-refractivity contribution < 1.29 is 19.1 Å². The first kappa shape index (κ1) is 17.5. The van der Waals surface area contributed by atoms with Crippen LogP contribution < -0.4 is 0 Å². The van der Waals surface area contributed by atoms with Crippen LogP contribution in [0.25, 0.3) is 0 Å². The van der Waals surface area contributed by atoms with Crippen LogP contribution in [0.2, 0.25) is 0 Å². The summed E-state index contributed by atoms with van der Waals surface area (Å²) in [5.74, 6) is 1.12. The number of ether oxygens (including phenoxy) is 2. The van der Waals surface area contributed by atoms with E-state index in [1.165, 1.54) is 0 Å². The smallest absolute Gasteiger partial charge is 0.410 e. The van der Waals surface area contributed by atoms with Gasteiger partial charge in [-0.1, -0.05) is 0 Å². The molecule has 0 aromatic rings. The molecule has 1 saturated carbocycles. The Morgan fingerprint density at radius 3 is 2.17 bits per heavy atom. The zero-order valence-electron chi connectivity index (χ0n) is 15.3. The van der Waals surface area contributed by atoms with Crippen molar-refractivity contribution in [1.82, 2.24) is 9.80 Å². The average molecular weight is 338 g/mol. The third-order valence-electron chi connectivity index (χ3n) is 5.41. The van der Waals surface area contributed by atoms with Gasteiger partial charge in [0.15, 0.2) is 0 Å². The first-order valence-electron chi connectivity index (χ1n) is 9.18. The van der Waals surface area contributed by atoms with Crippen molar-refractivity contribution in [3.63, 3.8) is 0 Å². The van der Waals surface area contributed by atoms with E-state index in [1.807, 2.05) is 32.6 Å². The third-order valence-corrected chi connectivity index (χ3v) is 5.41. The maximum absolute atomic E-state index is 12.1. The van der Waals surface area contributed by atoms with Crippen molar-refractivity contribution in [2.24, 2.45) is 17.8 Å². The minimum absolute atomic E-state index is 0.00750. The molecule has 24 heavy (non-hydrogen) atoms. The minimum atomic E-state index is -0.438. The lowest BCUT2D eigenvalue weighted by molar-refractivity contribution is -0.145. The zero-order valence-corrected chi connectivity index (χ0v) is 15.3. The Morgan fingerprint density at radius 1 is 1.08 bits per heavy atom. The molecule has 3 fully saturated rings. The van der Waals surface area contributed by atoms with Gasteiger partial charge in [0.25, 0.3) is 0 Å². The lowest BCUT2D eigenvalue weighted by Gasteiger charge is -2.38. The highest BCUT2D eigenvalue weighted by Gasteiger charge is 2.60. The summed E-state index contributed by atoms with van der Waals surface area (Å²) in [5.41, 5.74) is -0.438. The molecule has 1 amide bonds. The van der Waals surface area contributed by atoms with E-state index in [0.717, 1.165) is 39.0 Å². The standard InChI is InChI=1S/C18H30N2O4/c1-5-23-16(21)15-13-10-20(11-14(13)15)12-6-8-19(9-7-12)17(22)24-18(2,3)4/h12-15H,5-11H2,1-4H3/t13-,14+,15?. The summed E-state index contributed by atoms with van der Waals surface area (Å²) < 4.78 is 10.6. The number of hydrogen-bond acceptors (Lipinski definition) is 5. The van der Waals surface area contributed by atoms with Gasteiger partial charge in [0.2, 0.25) is 0 Å². The number of piperidine rings is 2. The molecule has 3 rings (SSSR count). The molecule has 1 unspecified atom stereocenters. The molecule has 6 nitrogen and oxygen atoms in total. The van der Waals surface area contributed by atoms with Crippen LogP contribution in [0.5, 0.6) is 0 Å². The second kappa shape index (κ2) is 6.54. The van der Waals surface area contributed by atoms with E-state index in [-0.39, 0.29) is 18.0 Å². The Labute approximate surface area is 144 Å². The van der Waals surface area contributed by atoms with Gasteiger partial charge in [0.1, 0.15) is 5.60 Å². The number of amides is 1. The maximum atomic E-state index is 12.1. The molecule has 0 bridgehead atoms. The molecule has 3 aliphatic rings. The molecule has 136 valence electrons. The van der Waals surface area contributed by atoms with E-state index in [1.54, 1.807) is 0 Å². The summed E-state index contributed by atoms with van der Waals surface area (Å²) in [6.07, 6.45) is 1.78. The Balaban J connectivity index is 1.42. The normalized spacial score (nSPS) is 30.8. The van der Waals surface area contributed by atoms with Crippen LogP contribution in [-0.2, 0) is 14.3 Å². The highest BCUT2D eigenvalue weighted by Crippen LogP contribution is 2.53. The lowest BCUT2D eigenvalue weighted by Crippen LogP contribution is -2.48. The topological polar surface area (TPSA) is 59.1 Å². The Bertz CT molecular complexity index is 482. The zero-order chi connectivity index (χ0) is 17.5. The largest absolute Gasteiger partial charge is 0.466 e. The predicted molar refractivity (Wildman–Crippen MR) is 89.5 cm³/mol. The fourth-order valence-electron chi connectivity index (χ4n) is 4.19. The van der Waals surface area contributed by atoms with Crippen molar-refractivity contribution in [3.05, 3.63) is 0 Å². The molecule has 3 atom stereocenters. The molecule has 2 saturated heterocycles. The SMILES string of the molecule is CCOC(=O)C1[C@H]2CN(C3CCN(C(=O)OC(C)(C)C)CC3)C[C@@H]12. The van der Waals surface area contributed by atoms with Gasteiger partial charge in [-0.05, 0) is 52.4 Å². The molecule has 0 spiro atoms. The van der Waals surface area contributed by atoms with Crippen LogP contribution in [0.1, 0.15) is 40.5 Å². The highest BCUT2D eigenvalue weighted by molar-refractivity contribution is 5.77. The van der Waals surface area contributed by atoms with Crippen LogP contribution in [0.15, 0.2) is 0 Å². The van der Waals surface area contributed by atoms with Gasteiger partial charge < -0.3 is 14.4 Å². The van der Waals surface area contributed by atoms with E-state index in [4.69, 9.17) is 9.47 Å².